The largest absolute Gasteiger partial charge is 0.312 e. The molecule has 0 aromatic carbocycles. The fourth-order valence-corrected chi connectivity index (χ4v) is 2.30. The molecule has 2 fully saturated rings. The number of nitrogens with zero attached hydrogens (tertiary/aromatic N) is 1. The van der Waals surface area contributed by atoms with Crippen LogP contribution in [0.2, 0.25) is 0 Å². The number of carbonyl (C=O) groups excluding carboxylic acids is 2. The summed E-state index contributed by atoms with van der Waals surface area (Å²) < 4.78 is 0. The van der Waals surface area contributed by atoms with Crippen LogP contribution in [0.25, 0.3) is 0 Å². The van der Waals surface area contributed by atoms with Crippen molar-refractivity contribution in [2.45, 2.75) is 44.6 Å². The number of hydrogen-bond acceptors (Lipinski definition) is 3. The van der Waals surface area contributed by atoms with E-state index < -0.39 is 0 Å². The molecule has 2 aliphatic rings. The predicted octanol–water partition coefficient (Wildman–Crippen LogP) is 0.668. The highest BCUT2D eigenvalue weighted by atomic mass is 16.2. The van der Waals surface area contributed by atoms with Crippen LogP contribution >= 0.6 is 0 Å². The maximum Gasteiger partial charge on any atom is 0.229 e. The van der Waals surface area contributed by atoms with E-state index in [0.717, 1.165) is 32.2 Å². The number of hydrogen-bond donors (Lipinski definition) is 1. The first-order valence-corrected chi connectivity index (χ1v) is 5.84. The summed E-state index contributed by atoms with van der Waals surface area (Å²) in [5, 5.41) is 3.32. The maximum atomic E-state index is 11.7. The third kappa shape index (κ3) is 2.56. The fourth-order valence-electron chi connectivity index (χ4n) is 2.30. The third-order valence-electron chi connectivity index (χ3n) is 3.20. The van der Waals surface area contributed by atoms with Crippen LogP contribution < -0.4 is 5.32 Å². The van der Waals surface area contributed by atoms with E-state index in [0.29, 0.717) is 25.4 Å². The van der Waals surface area contributed by atoms with Gasteiger partial charge >= 0.3 is 0 Å². The summed E-state index contributed by atoms with van der Waals surface area (Å²) in [6.07, 6.45) is 5.03. The molecule has 84 valence electrons. The number of nitrogens with one attached hydrogen (secondary N) is 1. The van der Waals surface area contributed by atoms with Gasteiger partial charge in [-0.05, 0) is 32.2 Å². The van der Waals surface area contributed by atoms with Crippen LogP contribution in [0.5, 0.6) is 0 Å². The Morgan fingerprint density at radius 2 is 1.80 bits per heavy atom. The smallest absolute Gasteiger partial charge is 0.229 e. The van der Waals surface area contributed by atoms with E-state index in [2.05, 4.69) is 5.32 Å². The Balaban J connectivity index is 1.96. The quantitative estimate of drug-likeness (QED) is 0.681. The highest BCUT2D eigenvalue weighted by Gasteiger charge is 2.27. The first kappa shape index (κ1) is 10.6. The molecule has 0 radical (unpaired) electrons. The second-order valence-electron chi connectivity index (χ2n) is 4.40. The molecule has 2 amide bonds. The molecule has 0 bridgehead atoms. The highest BCUT2D eigenvalue weighted by Crippen LogP contribution is 2.15. The van der Waals surface area contributed by atoms with E-state index in [4.69, 9.17) is 0 Å². The van der Waals surface area contributed by atoms with Gasteiger partial charge in [0.15, 0.2) is 0 Å². The van der Waals surface area contributed by atoms with Crippen LogP contribution in [0, 0.1) is 0 Å². The number of carbonyl (C=O) groups is 2. The maximum absolute atomic E-state index is 11.7. The summed E-state index contributed by atoms with van der Waals surface area (Å²) in [5.41, 5.74) is 0. The van der Waals surface area contributed by atoms with Crippen LogP contribution in [-0.2, 0) is 9.59 Å². The summed E-state index contributed by atoms with van der Waals surface area (Å²) in [4.78, 5) is 24.8. The zero-order chi connectivity index (χ0) is 10.7. The lowest BCUT2D eigenvalue weighted by Gasteiger charge is -2.22. The lowest BCUT2D eigenvalue weighted by atomic mass is 10.2. The van der Waals surface area contributed by atoms with Gasteiger partial charge in [-0.2, -0.15) is 0 Å². The molecule has 2 heterocycles. The minimum Gasteiger partial charge on any atom is -0.312 e. The Morgan fingerprint density at radius 3 is 2.33 bits per heavy atom. The zero-order valence-electron chi connectivity index (χ0n) is 9.00. The van der Waals surface area contributed by atoms with Crippen molar-refractivity contribution < 1.29 is 9.59 Å². The number of likely N-dealkylation sites (tertiary alicyclic amines) is 1. The monoisotopic (exact) mass is 210 g/mol. The molecule has 0 saturated carbocycles. The van der Waals surface area contributed by atoms with Crippen molar-refractivity contribution in [2.24, 2.45) is 0 Å². The summed E-state index contributed by atoms with van der Waals surface area (Å²) in [6, 6.07) is 0.330. The van der Waals surface area contributed by atoms with Crippen LogP contribution in [-0.4, -0.2) is 35.8 Å². The summed E-state index contributed by atoms with van der Waals surface area (Å²) in [6.45, 7) is 1.60. The Labute approximate surface area is 90.0 Å². The molecule has 1 N–H and O–H groups in total. The Kier molecular flexibility index (Phi) is 3.36. The minimum atomic E-state index is 0.0196. The van der Waals surface area contributed by atoms with Gasteiger partial charge in [0.25, 0.3) is 0 Å². The molecule has 2 rings (SSSR count). The van der Waals surface area contributed by atoms with Crippen molar-refractivity contribution in [1.82, 2.24) is 10.2 Å². The predicted molar refractivity (Wildman–Crippen MR) is 56.2 cm³/mol. The van der Waals surface area contributed by atoms with Crippen molar-refractivity contribution in [3.05, 3.63) is 0 Å². The van der Waals surface area contributed by atoms with Crippen molar-refractivity contribution in [1.29, 1.82) is 0 Å². The Bertz CT molecular complexity index is 241. The van der Waals surface area contributed by atoms with Gasteiger partial charge in [0.05, 0.1) is 0 Å². The van der Waals surface area contributed by atoms with Crippen LogP contribution in [0.15, 0.2) is 0 Å². The van der Waals surface area contributed by atoms with Crippen molar-refractivity contribution in [3.63, 3.8) is 0 Å². The number of rotatable bonds is 2. The molecule has 15 heavy (non-hydrogen) atoms. The Hall–Kier alpha value is -0.900. The van der Waals surface area contributed by atoms with Crippen molar-refractivity contribution in [3.8, 4) is 0 Å². The molecule has 4 nitrogen and oxygen atoms in total. The van der Waals surface area contributed by atoms with Crippen LogP contribution in [0.1, 0.15) is 38.5 Å². The first-order valence-electron chi connectivity index (χ1n) is 5.84. The Morgan fingerprint density at radius 1 is 1.13 bits per heavy atom. The SMILES string of the molecule is O=C1CCCCC(=O)N1C[C@@H]1CCCN1. The average molecular weight is 210 g/mol. The second-order valence-corrected chi connectivity index (χ2v) is 4.40. The summed E-state index contributed by atoms with van der Waals surface area (Å²) in [5.74, 6) is 0.0393. The first-order chi connectivity index (χ1) is 7.27. The topological polar surface area (TPSA) is 49.4 Å². The van der Waals surface area contributed by atoms with Gasteiger partial charge in [-0.15, -0.1) is 0 Å². The van der Waals surface area contributed by atoms with Gasteiger partial charge in [-0.3, -0.25) is 14.5 Å². The van der Waals surface area contributed by atoms with E-state index in [1.54, 1.807) is 0 Å². The summed E-state index contributed by atoms with van der Waals surface area (Å²) >= 11 is 0. The normalized spacial score (nSPS) is 28.3. The van der Waals surface area contributed by atoms with Crippen molar-refractivity contribution >= 4 is 11.8 Å². The molecular weight excluding hydrogens is 192 g/mol. The zero-order valence-corrected chi connectivity index (χ0v) is 9.00. The molecule has 2 saturated heterocycles. The summed E-state index contributed by atoms with van der Waals surface area (Å²) in [7, 11) is 0. The molecule has 0 aliphatic carbocycles. The van der Waals surface area contributed by atoms with E-state index in [1.165, 1.54) is 4.90 Å². The second kappa shape index (κ2) is 4.75. The van der Waals surface area contributed by atoms with Crippen LogP contribution in [0.4, 0.5) is 0 Å². The van der Waals surface area contributed by atoms with E-state index >= 15 is 0 Å². The lowest BCUT2D eigenvalue weighted by molar-refractivity contribution is -0.144. The van der Waals surface area contributed by atoms with Gasteiger partial charge in [-0.1, -0.05) is 0 Å². The molecule has 2 aliphatic heterocycles. The van der Waals surface area contributed by atoms with Crippen LogP contribution in [0.3, 0.4) is 0 Å². The number of amides is 2. The molecule has 0 aromatic rings. The number of imide groups is 1. The molecule has 0 aromatic heterocycles. The van der Waals surface area contributed by atoms with Gasteiger partial charge in [0, 0.05) is 25.4 Å². The van der Waals surface area contributed by atoms with Gasteiger partial charge < -0.3 is 5.32 Å². The van der Waals surface area contributed by atoms with Gasteiger partial charge in [0.2, 0.25) is 11.8 Å². The fraction of sp³-hybridized carbons (Fsp3) is 0.818. The van der Waals surface area contributed by atoms with Crippen molar-refractivity contribution in [2.75, 3.05) is 13.1 Å². The standard InChI is InChI=1S/C11H18N2O2/c14-10-5-1-2-6-11(15)13(10)8-9-4-3-7-12-9/h9,12H,1-8H2/t9-/m0/s1. The molecule has 0 spiro atoms. The minimum absolute atomic E-state index is 0.0196. The molecule has 1 atom stereocenters. The third-order valence-corrected chi connectivity index (χ3v) is 3.20. The van der Waals surface area contributed by atoms with Gasteiger partial charge in [-0.25, -0.2) is 0 Å². The molecular formula is C11H18N2O2. The van der Waals surface area contributed by atoms with E-state index in [1.807, 2.05) is 0 Å². The average Bonchev–Trinajstić information content (AvgIpc) is 2.67. The molecule has 4 heteroatoms. The van der Waals surface area contributed by atoms with Gasteiger partial charge in [0.1, 0.15) is 0 Å². The molecule has 0 unspecified atom stereocenters. The highest BCUT2D eigenvalue weighted by molar-refractivity contribution is 5.96. The van der Waals surface area contributed by atoms with E-state index in [9.17, 15) is 9.59 Å². The van der Waals surface area contributed by atoms with E-state index in [-0.39, 0.29) is 11.8 Å². The lowest BCUT2D eigenvalue weighted by Crippen LogP contribution is -2.43.